The molecule has 0 heterocycles. The van der Waals surface area contributed by atoms with Gasteiger partial charge in [0.2, 0.25) is 0 Å². The van der Waals surface area contributed by atoms with Gasteiger partial charge < -0.3 is 17.0 Å². The predicted octanol–water partition coefficient (Wildman–Crippen LogP) is 5.23. The number of halogens is 3. The summed E-state index contributed by atoms with van der Waals surface area (Å²) in [7, 11) is 9.75. The van der Waals surface area contributed by atoms with E-state index in [1.165, 1.54) is 12.8 Å². The minimum absolute atomic E-state index is 0. The van der Waals surface area contributed by atoms with Gasteiger partial charge in [-0.05, 0) is 37.5 Å². The van der Waals surface area contributed by atoms with Crippen LogP contribution in [0.15, 0.2) is 0 Å². The van der Waals surface area contributed by atoms with Gasteiger partial charge in [-0.3, -0.25) is 4.79 Å². The maximum atomic E-state index is 11.7. The summed E-state index contributed by atoms with van der Waals surface area (Å²) >= 11 is 2.80. The fraction of sp³-hybridized carbons (Fsp3) is 0.923. The third-order valence-corrected chi connectivity index (χ3v) is 5.67. The Labute approximate surface area is 153 Å². The van der Waals surface area contributed by atoms with Crippen LogP contribution in [0.5, 0.6) is 0 Å². The Bertz CT molecular complexity index is 348. The molecule has 0 amide bonds. The minimum atomic E-state index is -0.472. The summed E-state index contributed by atoms with van der Waals surface area (Å²) in [6.07, 6.45) is 3.66. The van der Waals surface area contributed by atoms with Crippen LogP contribution in [0.2, 0.25) is 0 Å². The molecule has 2 rings (SSSR count). The summed E-state index contributed by atoms with van der Waals surface area (Å²) < 4.78 is 5.66. The summed E-state index contributed by atoms with van der Waals surface area (Å²) in [5.74, 6) is 0.607. The number of hydrogen-bond acceptors (Lipinski definition) is 4. The van der Waals surface area contributed by atoms with Gasteiger partial charge in [-0.1, -0.05) is 36.7 Å². The van der Waals surface area contributed by atoms with Crippen LogP contribution in [0.1, 0.15) is 47.0 Å². The molecule has 6 N–H and O–H groups in total. The van der Waals surface area contributed by atoms with E-state index in [-0.39, 0.29) is 34.6 Å². The van der Waals surface area contributed by atoms with Crippen LogP contribution in [-0.2, 0) is 26.0 Å². The number of rotatable bonds is 2. The first-order chi connectivity index (χ1) is 8.70. The van der Waals surface area contributed by atoms with E-state index in [4.69, 9.17) is 23.6 Å². The van der Waals surface area contributed by atoms with E-state index in [1.807, 2.05) is 6.92 Å². The second-order valence-electron chi connectivity index (χ2n) is 6.20. The zero-order chi connectivity index (χ0) is 14.8. The van der Waals surface area contributed by atoms with E-state index < -0.39 is 16.5 Å². The van der Waals surface area contributed by atoms with Crippen molar-refractivity contribution in [1.82, 2.24) is 12.3 Å². The van der Waals surface area contributed by atoms with Crippen molar-refractivity contribution in [2.45, 2.75) is 57.9 Å². The summed E-state index contributed by atoms with van der Waals surface area (Å²) in [6, 6.07) is 0. The average molecular weight is 589 g/mol. The van der Waals surface area contributed by atoms with Gasteiger partial charge in [0.15, 0.2) is 0 Å². The van der Waals surface area contributed by atoms with Crippen LogP contribution < -0.4 is 12.3 Å². The zero-order valence-corrected chi connectivity index (χ0v) is 18.4. The number of carbonyl (C=O) groups is 1. The molecule has 2 aliphatic rings. The van der Waals surface area contributed by atoms with Crippen molar-refractivity contribution in [3.63, 3.8) is 0 Å². The Morgan fingerprint density at radius 3 is 2.10 bits per heavy atom. The third-order valence-electron chi connectivity index (χ3n) is 5.30. The molecule has 0 aromatic rings. The molecule has 0 aliphatic heterocycles. The average Bonchev–Trinajstić information content (AvgIpc) is 2.63. The van der Waals surface area contributed by atoms with Crippen molar-refractivity contribution in [3.05, 3.63) is 0 Å². The van der Waals surface area contributed by atoms with Crippen LogP contribution in [-0.4, -0.2) is 16.9 Å². The molecular formula is C13H27BrCl2N2O2Pt. The van der Waals surface area contributed by atoms with Crippen molar-refractivity contribution in [2.75, 3.05) is 0 Å². The second kappa shape index (κ2) is 9.44. The number of fused-ring (bicyclic) bond motifs is 2. The van der Waals surface area contributed by atoms with Crippen LogP contribution in [0.25, 0.3) is 0 Å². The monoisotopic (exact) mass is 587 g/mol. The van der Waals surface area contributed by atoms with Crippen molar-refractivity contribution in [2.24, 2.45) is 16.7 Å². The normalized spacial score (nSPS) is 33.1. The zero-order valence-electron chi connectivity index (χ0n) is 13.0. The Balaban J connectivity index is 0. The molecule has 2 unspecified atom stereocenters. The number of hydrogen-bond donors (Lipinski definition) is 2. The van der Waals surface area contributed by atoms with Crippen molar-refractivity contribution < 1.29 is 26.0 Å². The molecule has 8 heteroatoms. The Kier molecular flexibility index (Phi) is 11.0. The molecule has 0 spiro atoms. The fourth-order valence-corrected chi connectivity index (χ4v) is 3.65. The molecule has 4 nitrogen and oxygen atoms in total. The molecule has 4 atom stereocenters. The van der Waals surface area contributed by atoms with Crippen LogP contribution in [0, 0.1) is 16.7 Å². The SMILES string of the molecule is CC(Br)C(=O)OC1C[C@H]2CC[C@]1(C)C2(C)C.N.N.[Cl][Pt][Cl]. The van der Waals surface area contributed by atoms with Crippen molar-refractivity contribution in [3.8, 4) is 0 Å². The van der Waals surface area contributed by atoms with Gasteiger partial charge in [-0.15, -0.1) is 0 Å². The summed E-state index contributed by atoms with van der Waals surface area (Å²) in [5, 5.41) is 0. The van der Waals surface area contributed by atoms with Crippen molar-refractivity contribution in [1.29, 1.82) is 0 Å². The number of carbonyl (C=O) groups excluding carboxylic acids is 1. The molecule has 2 saturated carbocycles. The van der Waals surface area contributed by atoms with Gasteiger partial charge in [-0.25, -0.2) is 0 Å². The summed E-state index contributed by atoms with van der Waals surface area (Å²) in [4.78, 5) is 11.5. The standard InChI is InChI=1S/C13H21BrO2.2ClH.2H3N.Pt/c1-8(14)11(15)16-10-7-9-5-6-13(10,4)12(9,2)3;;;;;/h8-10H,5-7H2,1-4H3;2*1H;2*1H3;/q;;;;;+2/p-2/t8?,9-,10?,13+;;;;;/m1...../s1. The van der Waals surface area contributed by atoms with E-state index in [1.54, 1.807) is 0 Å². The third kappa shape index (κ3) is 4.81. The molecule has 0 radical (unpaired) electrons. The van der Waals surface area contributed by atoms with E-state index in [0.29, 0.717) is 5.41 Å². The summed E-state index contributed by atoms with van der Waals surface area (Å²) in [6.45, 7) is 8.77. The maximum absolute atomic E-state index is 11.7. The molecule has 132 valence electrons. The molecule has 2 aliphatic carbocycles. The Hall–Kier alpha value is 1.14. The first-order valence-electron chi connectivity index (χ1n) is 6.37. The predicted molar refractivity (Wildman–Crippen MR) is 89.2 cm³/mol. The van der Waals surface area contributed by atoms with E-state index in [2.05, 4.69) is 36.7 Å². The first kappa shape index (κ1) is 24.4. The molecule has 2 bridgehead atoms. The fourth-order valence-electron chi connectivity index (χ4n) is 3.54. The van der Waals surface area contributed by atoms with Gasteiger partial charge >= 0.3 is 41.3 Å². The van der Waals surface area contributed by atoms with Crippen molar-refractivity contribution >= 4 is 40.7 Å². The second-order valence-corrected chi connectivity index (χ2v) is 10.9. The van der Waals surface area contributed by atoms with Gasteiger partial charge in [0.25, 0.3) is 0 Å². The first-order valence-corrected chi connectivity index (χ1v) is 12.9. The molecule has 21 heavy (non-hydrogen) atoms. The van der Waals surface area contributed by atoms with E-state index in [0.717, 1.165) is 12.3 Å². The van der Waals surface area contributed by atoms with Crippen LogP contribution in [0.4, 0.5) is 0 Å². The Morgan fingerprint density at radius 2 is 1.81 bits per heavy atom. The number of alkyl halides is 1. The molecule has 0 aromatic carbocycles. The molecular weight excluding hydrogens is 562 g/mol. The number of esters is 1. The van der Waals surface area contributed by atoms with Crippen LogP contribution in [0.3, 0.4) is 0 Å². The molecule has 0 saturated heterocycles. The number of ether oxygens (including phenoxy) is 1. The molecule has 2 fully saturated rings. The van der Waals surface area contributed by atoms with Gasteiger partial charge in [0, 0.05) is 5.41 Å². The Morgan fingerprint density at radius 1 is 1.33 bits per heavy atom. The van der Waals surface area contributed by atoms with E-state index >= 15 is 0 Å². The quantitative estimate of drug-likeness (QED) is 0.341. The van der Waals surface area contributed by atoms with Gasteiger partial charge in [-0.2, -0.15) is 0 Å². The van der Waals surface area contributed by atoms with Gasteiger partial charge in [0.1, 0.15) is 10.9 Å². The summed E-state index contributed by atoms with van der Waals surface area (Å²) in [5.41, 5.74) is 0.489. The van der Waals surface area contributed by atoms with Gasteiger partial charge in [0.05, 0.1) is 0 Å². The molecule has 0 aromatic heterocycles. The topological polar surface area (TPSA) is 96.3 Å². The van der Waals surface area contributed by atoms with E-state index in [9.17, 15) is 4.79 Å². The van der Waals surface area contributed by atoms with Crippen LogP contribution >= 0.6 is 34.8 Å².